The van der Waals surface area contributed by atoms with E-state index in [1.54, 1.807) is 4.68 Å². The molecule has 0 bridgehead atoms. The van der Waals surface area contributed by atoms with Crippen LogP contribution in [0.3, 0.4) is 0 Å². The number of thioether (sulfide) groups is 1. The second-order valence-electron chi connectivity index (χ2n) is 5.70. The molecule has 1 N–H and O–H groups in total. The van der Waals surface area contributed by atoms with Gasteiger partial charge in [0.2, 0.25) is 11.1 Å². The fraction of sp³-hybridized carbons (Fsp3) is 0.263. The maximum absolute atomic E-state index is 12.5. The third kappa shape index (κ3) is 4.11. The topological polar surface area (TPSA) is 72.7 Å². The van der Waals surface area contributed by atoms with Crippen molar-refractivity contribution in [2.75, 3.05) is 11.1 Å². The Bertz CT molecular complexity index is 856. The van der Waals surface area contributed by atoms with Crippen molar-refractivity contribution >= 4 is 23.4 Å². The molecular formula is C19H21N5OS. The summed E-state index contributed by atoms with van der Waals surface area (Å²) >= 11 is 1.32. The van der Waals surface area contributed by atoms with Gasteiger partial charge in [-0.05, 0) is 46.5 Å². The Morgan fingerprint density at radius 2 is 1.73 bits per heavy atom. The number of nitrogens with one attached hydrogen (secondary N) is 1. The number of hydrogen-bond donors (Lipinski definition) is 1. The minimum atomic E-state index is -0.0618. The molecule has 0 aliphatic carbocycles. The summed E-state index contributed by atoms with van der Waals surface area (Å²) < 4.78 is 1.63. The van der Waals surface area contributed by atoms with Crippen LogP contribution in [0.2, 0.25) is 0 Å². The molecule has 1 heterocycles. The Kier molecular flexibility index (Phi) is 6.01. The molecule has 3 rings (SSSR count). The van der Waals surface area contributed by atoms with Crippen molar-refractivity contribution < 1.29 is 4.79 Å². The molecule has 7 heteroatoms. The van der Waals surface area contributed by atoms with E-state index in [0.717, 1.165) is 35.3 Å². The number of aryl methyl sites for hydroxylation is 2. The number of carbonyl (C=O) groups is 1. The van der Waals surface area contributed by atoms with Gasteiger partial charge in [0.15, 0.2) is 0 Å². The summed E-state index contributed by atoms with van der Waals surface area (Å²) in [6, 6.07) is 15.8. The molecule has 0 spiro atoms. The first-order chi connectivity index (χ1) is 12.7. The van der Waals surface area contributed by atoms with Crippen LogP contribution in [0.5, 0.6) is 0 Å². The third-order valence-corrected chi connectivity index (χ3v) is 4.96. The number of carbonyl (C=O) groups excluding carboxylic acids is 1. The number of hydrogen-bond acceptors (Lipinski definition) is 5. The second kappa shape index (κ2) is 8.62. The van der Waals surface area contributed by atoms with Crippen molar-refractivity contribution in [1.82, 2.24) is 20.2 Å². The second-order valence-corrected chi connectivity index (χ2v) is 6.65. The van der Waals surface area contributed by atoms with Crippen molar-refractivity contribution in [2.45, 2.75) is 31.8 Å². The van der Waals surface area contributed by atoms with E-state index in [4.69, 9.17) is 0 Å². The molecule has 1 amide bonds. The maximum atomic E-state index is 12.5. The number of aromatic nitrogens is 4. The van der Waals surface area contributed by atoms with E-state index in [1.807, 2.05) is 36.4 Å². The lowest BCUT2D eigenvalue weighted by atomic mass is 10.0. The van der Waals surface area contributed by atoms with Gasteiger partial charge in [0, 0.05) is 5.69 Å². The largest absolute Gasteiger partial charge is 0.325 e. The molecule has 0 saturated carbocycles. The van der Waals surface area contributed by atoms with Crippen molar-refractivity contribution in [3.05, 3.63) is 59.7 Å². The van der Waals surface area contributed by atoms with Gasteiger partial charge >= 0.3 is 0 Å². The summed E-state index contributed by atoms with van der Waals surface area (Å²) in [6.45, 7) is 4.18. The van der Waals surface area contributed by atoms with Gasteiger partial charge < -0.3 is 5.32 Å². The number of nitrogens with zero attached hydrogens (tertiary/aromatic N) is 4. The number of amides is 1. The Hall–Kier alpha value is -2.67. The molecule has 26 heavy (non-hydrogen) atoms. The quantitative estimate of drug-likeness (QED) is 0.647. The molecule has 0 unspecified atom stereocenters. The lowest BCUT2D eigenvalue weighted by Crippen LogP contribution is -2.17. The molecule has 3 aromatic rings. The summed E-state index contributed by atoms with van der Waals surface area (Å²) in [7, 11) is 0. The smallest absolute Gasteiger partial charge is 0.234 e. The monoisotopic (exact) mass is 367 g/mol. The molecule has 0 fully saturated rings. The standard InChI is InChI=1S/C19H21N5OS/c1-3-14-9-8-10-15(4-2)18(14)20-17(25)13-26-19-21-22-23-24(19)16-11-6-5-7-12-16/h5-12H,3-4,13H2,1-2H3,(H,20,25). The van der Waals surface area contributed by atoms with E-state index in [9.17, 15) is 4.79 Å². The van der Waals surface area contributed by atoms with Gasteiger partial charge in [0.05, 0.1) is 11.4 Å². The normalized spacial score (nSPS) is 10.7. The molecule has 0 saturated heterocycles. The number of anilines is 1. The predicted octanol–water partition coefficient (Wildman–Crippen LogP) is 3.52. The zero-order chi connectivity index (χ0) is 18.4. The Balaban J connectivity index is 1.69. The number of para-hydroxylation sites is 2. The highest BCUT2D eigenvalue weighted by molar-refractivity contribution is 7.99. The van der Waals surface area contributed by atoms with Crippen molar-refractivity contribution in [3.63, 3.8) is 0 Å². The van der Waals surface area contributed by atoms with Crippen LogP contribution >= 0.6 is 11.8 Å². The molecule has 6 nitrogen and oxygen atoms in total. The molecule has 0 aliphatic rings. The van der Waals surface area contributed by atoms with Gasteiger partial charge in [-0.1, -0.05) is 62.0 Å². The zero-order valence-corrected chi connectivity index (χ0v) is 15.7. The van der Waals surface area contributed by atoms with Gasteiger partial charge in [-0.15, -0.1) is 5.10 Å². The summed E-state index contributed by atoms with van der Waals surface area (Å²) in [4.78, 5) is 12.5. The first-order valence-corrected chi connectivity index (χ1v) is 9.58. The van der Waals surface area contributed by atoms with Crippen LogP contribution in [0.1, 0.15) is 25.0 Å². The van der Waals surface area contributed by atoms with Crippen molar-refractivity contribution in [3.8, 4) is 5.69 Å². The van der Waals surface area contributed by atoms with Crippen molar-refractivity contribution in [2.24, 2.45) is 0 Å². The van der Waals surface area contributed by atoms with E-state index >= 15 is 0 Å². The van der Waals surface area contributed by atoms with Crippen LogP contribution in [-0.4, -0.2) is 31.9 Å². The molecule has 2 aromatic carbocycles. The maximum Gasteiger partial charge on any atom is 0.234 e. The van der Waals surface area contributed by atoms with Crippen LogP contribution < -0.4 is 5.32 Å². The lowest BCUT2D eigenvalue weighted by Gasteiger charge is -2.14. The van der Waals surface area contributed by atoms with Gasteiger partial charge in [0.1, 0.15) is 0 Å². The lowest BCUT2D eigenvalue weighted by molar-refractivity contribution is -0.113. The van der Waals surface area contributed by atoms with Crippen LogP contribution in [0.4, 0.5) is 5.69 Å². The van der Waals surface area contributed by atoms with Crippen LogP contribution in [0.25, 0.3) is 5.69 Å². The first kappa shape index (κ1) is 18.1. The highest BCUT2D eigenvalue weighted by Crippen LogP contribution is 2.24. The van der Waals surface area contributed by atoms with Gasteiger partial charge in [-0.3, -0.25) is 4.79 Å². The summed E-state index contributed by atoms with van der Waals surface area (Å²) in [5, 5.41) is 15.4. The summed E-state index contributed by atoms with van der Waals surface area (Å²) in [5.41, 5.74) is 4.10. The minimum Gasteiger partial charge on any atom is -0.325 e. The van der Waals surface area contributed by atoms with Gasteiger partial charge in [-0.25, -0.2) is 0 Å². The fourth-order valence-corrected chi connectivity index (χ4v) is 3.40. The molecule has 0 aliphatic heterocycles. The Morgan fingerprint density at radius 3 is 2.38 bits per heavy atom. The number of benzene rings is 2. The Labute approximate surface area is 157 Å². The number of rotatable bonds is 7. The van der Waals surface area contributed by atoms with Crippen LogP contribution in [0, 0.1) is 0 Å². The highest BCUT2D eigenvalue weighted by Gasteiger charge is 2.14. The Morgan fingerprint density at radius 1 is 1.04 bits per heavy atom. The van der Waals surface area contributed by atoms with Crippen LogP contribution in [0.15, 0.2) is 53.7 Å². The van der Waals surface area contributed by atoms with Crippen molar-refractivity contribution in [1.29, 1.82) is 0 Å². The van der Waals surface area contributed by atoms with E-state index in [2.05, 4.69) is 46.8 Å². The van der Waals surface area contributed by atoms with E-state index < -0.39 is 0 Å². The zero-order valence-electron chi connectivity index (χ0n) is 14.8. The molecule has 0 atom stereocenters. The van der Waals surface area contributed by atoms with Gasteiger partial charge in [-0.2, -0.15) is 4.68 Å². The van der Waals surface area contributed by atoms with E-state index in [0.29, 0.717) is 5.16 Å². The highest BCUT2D eigenvalue weighted by atomic mass is 32.2. The van der Waals surface area contributed by atoms with Gasteiger partial charge in [0.25, 0.3) is 0 Å². The average Bonchev–Trinajstić information content (AvgIpc) is 3.16. The predicted molar refractivity (Wildman–Crippen MR) is 104 cm³/mol. The third-order valence-electron chi connectivity index (χ3n) is 4.04. The fourth-order valence-electron chi connectivity index (χ4n) is 2.71. The van der Waals surface area contributed by atoms with Crippen LogP contribution in [-0.2, 0) is 17.6 Å². The number of tetrazole rings is 1. The van der Waals surface area contributed by atoms with E-state index in [1.165, 1.54) is 11.8 Å². The summed E-state index contributed by atoms with van der Waals surface area (Å²) in [6.07, 6.45) is 1.76. The first-order valence-electron chi connectivity index (χ1n) is 8.60. The molecule has 134 valence electrons. The molecular weight excluding hydrogens is 346 g/mol. The van der Waals surface area contributed by atoms with E-state index in [-0.39, 0.29) is 11.7 Å². The average molecular weight is 367 g/mol. The SMILES string of the molecule is CCc1cccc(CC)c1NC(=O)CSc1nnnn1-c1ccccc1. The molecule has 1 aromatic heterocycles. The minimum absolute atomic E-state index is 0.0618. The molecule has 0 radical (unpaired) electrons. The summed E-state index contributed by atoms with van der Waals surface area (Å²) in [5.74, 6) is 0.183.